The van der Waals surface area contributed by atoms with E-state index in [1.807, 2.05) is 0 Å². The van der Waals surface area contributed by atoms with E-state index in [4.69, 9.17) is 0 Å². The van der Waals surface area contributed by atoms with E-state index in [0.29, 0.717) is 4.31 Å². The molecule has 3 aromatic rings. The first kappa shape index (κ1) is 28.6. The van der Waals surface area contributed by atoms with Gasteiger partial charge in [0.25, 0.3) is 0 Å². The van der Waals surface area contributed by atoms with Crippen molar-refractivity contribution in [1.82, 2.24) is 14.6 Å². The molecule has 0 saturated carbocycles. The van der Waals surface area contributed by atoms with Gasteiger partial charge >= 0.3 is 6.18 Å². The second kappa shape index (κ2) is 11.0. The molecule has 2 heterocycles. The molecule has 0 aliphatic carbocycles. The van der Waals surface area contributed by atoms with Crippen LogP contribution in [0.4, 0.5) is 26.3 Å². The lowest BCUT2D eigenvalue weighted by Gasteiger charge is -2.23. The number of sulfonamides is 1. The standard InChI is InChI=1S/C26H23F6N3O3S/c1-2-20-21(16-3-8-24(33-13-16)26(30,31)32)9-15(10-22(20)29)12-34-25(36)23-11-18(28)14-35(23)39(37,38)19-6-4-17(27)5-7-19/h3-10,13,18,23H,2,11-12,14H2,1H3,(H,34,36). The monoisotopic (exact) mass is 571 g/mol. The Kier molecular flexibility index (Phi) is 8.03. The molecule has 0 spiro atoms. The quantitative estimate of drug-likeness (QED) is 0.404. The summed E-state index contributed by atoms with van der Waals surface area (Å²) in [5, 5.41) is 2.49. The van der Waals surface area contributed by atoms with Gasteiger partial charge in [0.1, 0.15) is 29.5 Å². The number of halogens is 6. The van der Waals surface area contributed by atoms with Gasteiger partial charge in [0.05, 0.1) is 4.90 Å². The van der Waals surface area contributed by atoms with E-state index in [1.54, 1.807) is 6.92 Å². The lowest BCUT2D eigenvalue weighted by Crippen LogP contribution is -2.45. The summed E-state index contributed by atoms with van der Waals surface area (Å²) in [6.07, 6.45) is -5.45. The maximum absolute atomic E-state index is 14.9. The minimum atomic E-state index is -4.64. The van der Waals surface area contributed by atoms with Gasteiger partial charge in [-0.1, -0.05) is 13.0 Å². The molecular formula is C26H23F6N3O3S. The number of carbonyl (C=O) groups is 1. The van der Waals surface area contributed by atoms with Gasteiger partial charge in [0, 0.05) is 31.3 Å². The summed E-state index contributed by atoms with van der Waals surface area (Å²) in [4.78, 5) is 16.1. The minimum Gasteiger partial charge on any atom is -0.351 e. The molecule has 2 aromatic carbocycles. The Bertz CT molecular complexity index is 1460. The Morgan fingerprint density at radius 2 is 1.79 bits per heavy atom. The number of benzene rings is 2. The lowest BCUT2D eigenvalue weighted by atomic mass is 9.96. The van der Waals surface area contributed by atoms with Crippen LogP contribution in [0.15, 0.2) is 59.6 Å². The Hall–Kier alpha value is -3.45. The Labute approximate surface area is 220 Å². The van der Waals surface area contributed by atoms with Gasteiger partial charge in [-0.25, -0.2) is 21.6 Å². The van der Waals surface area contributed by atoms with E-state index < -0.39 is 64.6 Å². The van der Waals surface area contributed by atoms with Crippen LogP contribution >= 0.6 is 0 Å². The van der Waals surface area contributed by atoms with Gasteiger partial charge in [-0.05, 0) is 65.6 Å². The third-order valence-corrected chi connectivity index (χ3v) is 8.26. The first-order valence-electron chi connectivity index (χ1n) is 11.9. The van der Waals surface area contributed by atoms with E-state index in [0.717, 1.165) is 42.6 Å². The zero-order valence-electron chi connectivity index (χ0n) is 20.5. The average Bonchev–Trinajstić information content (AvgIpc) is 3.29. The van der Waals surface area contributed by atoms with E-state index in [-0.39, 0.29) is 40.1 Å². The largest absolute Gasteiger partial charge is 0.433 e. The van der Waals surface area contributed by atoms with Crippen LogP contribution in [-0.2, 0) is 34.0 Å². The number of aromatic nitrogens is 1. The molecular weight excluding hydrogens is 548 g/mol. The minimum absolute atomic E-state index is 0.227. The summed E-state index contributed by atoms with van der Waals surface area (Å²) < 4.78 is 108. The van der Waals surface area contributed by atoms with Crippen molar-refractivity contribution < 1.29 is 39.6 Å². The second-order valence-electron chi connectivity index (χ2n) is 8.98. The molecule has 1 saturated heterocycles. The number of nitrogens with one attached hydrogen (secondary N) is 1. The van der Waals surface area contributed by atoms with Crippen molar-refractivity contribution in [2.24, 2.45) is 0 Å². The normalized spacial score (nSPS) is 18.3. The highest BCUT2D eigenvalue weighted by molar-refractivity contribution is 7.89. The summed E-state index contributed by atoms with van der Waals surface area (Å²) in [6, 6.07) is 7.10. The number of alkyl halides is 4. The number of hydrogen-bond donors (Lipinski definition) is 1. The molecule has 1 aromatic heterocycles. The maximum Gasteiger partial charge on any atom is 0.433 e. The number of nitrogens with zero attached hydrogens (tertiary/aromatic N) is 2. The van der Waals surface area contributed by atoms with Crippen LogP contribution in [0.25, 0.3) is 11.1 Å². The fourth-order valence-corrected chi connectivity index (χ4v) is 6.07. The SMILES string of the molecule is CCc1c(F)cc(CNC(=O)C2CC(F)CN2S(=O)(=O)c2ccc(F)cc2)cc1-c1ccc(C(F)(F)F)nc1. The zero-order chi connectivity index (χ0) is 28.5. The number of rotatable bonds is 7. The predicted octanol–water partition coefficient (Wildman–Crippen LogP) is 5.03. The van der Waals surface area contributed by atoms with Crippen molar-refractivity contribution in [3.8, 4) is 11.1 Å². The molecule has 0 radical (unpaired) electrons. The van der Waals surface area contributed by atoms with Gasteiger partial charge in [-0.15, -0.1) is 0 Å². The molecule has 1 fully saturated rings. The maximum atomic E-state index is 14.9. The van der Waals surface area contributed by atoms with Crippen LogP contribution in [0.1, 0.15) is 30.2 Å². The molecule has 1 aliphatic heterocycles. The molecule has 208 valence electrons. The van der Waals surface area contributed by atoms with Gasteiger partial charge < -0.3 is 5.32 Å². The predicted molar refractivity (Wildman–Crippen MR) is 129 cm³/mol. The first-order valence-corrected chi connectivity index (χ1v) is 13.3. The number of hydrogen-bond acceptors (Lipinski definition) is 4. The Morgan fingerprint density at radius 1 is 1.10 bits per heavy atom. The summed E-state index contributed by atoms with van der Waals surface area (Å²) in [5.41, 5.74) is -0.0984. The van der Waals surface area contributed by atoms with Crippen LogP contribution in [0.5, 0.6) is 0 Å². The molecule has 4 rings (SSSR count). The number of pyridine rings is 1. The van der Waals surface area contributed by atoms with Crippen LogP contribution in [0.2, 0.25) is 0 Å². The molecule has 2 atom stereocenters. The molecule has 13 heteroatoms. The van der Waals surface area contributed by atoms with Gasteiger partial charge in [-0.3, -0.25) is 9.78 Å². The highest BCUT2D eigenvalue weighted by atomic mass is 32.2. The summed E-state index contributed by atoms with van der Waals surface area (Å²) in [6.45, 7) is 0.839. The topological polar surface area (TPSA) is 79.4 Å². The molecule has 1 amide bonds. The van der Waals surface area contributed by atoms with Crippen molar-refractivity contribution in [2.75, 3.05) is 6.54 Å². The first-order chi connectivity index (χ1) is 18.3. The van der Waals surface area contributed by atoms with E-state index >= 15 is 0 Å². The molecule has 0 bridgehead atoms. The van der Waals surface area contributed by atoms with Crippen LogP contribution in [0.3, 0.4) is 0 Å². The molecule has 6 nitrogen and oxygen atoms in total. The van der Waals surface area contributed by atoms with Crippen molar-refractivity contribution in [1.29, 1.82) is 0 Å². The van der Waals surface area contributed by atoms with Crippen molar-refractivity contribution in [2.45, 2.75) is 49.6 Å². The van der Waals surface area contributed by atoms with Crippen LogP contribution in [0, 0.1) is 11.6 Å². The number of carbonyl (C=O) groups excluding carboxylic acids is 1. The van der Waals surface area contributed by atoms with E-state index in [9.17, 15) is 39.6 Å². The summed E-state index contributed by atoms with van der Waals surface area (Å²) >= 11 is 0. The second-order valence-corrected chi connectivity index (χ2v) is 10.9. The van der Waals surface area contributed by atoms with Crippen molar-refractivity contribution >= 4 is 15.9 Å². The summed E-state index contributed by atoms with van der Waals surface area (Å²) in [7, 11) is -4.32. The lowest BCUT2D eigenvalue weighted by molar-refractivity contribution is -0.141. The third-order valence-electron chi connectivity index (χ3n) is 6.37. The van der Waals surface area contributed by atoms with Crippen LogP contribution in [-0.4, -0.2) is 42.4 Å². The highest BCUT2D eigenvalue weighted by Gasteiger charge is 2.44. The van der Waals surface area contributed by atoms with Crippen LogP contribution < -0.4 is 5.32 Å². The van der Waals surface area contributed by atoms with Gasteiger partial charge in [-0.2, -0.15) is 17.5 Å². The van der Waals surface area contributed by atoms with Gasteiger partial charge in [0.15, 0.2) is 0 Å². The fourth-order valence-electron chi connectivity index (χ4n) is 4.44. The Balaban J connectivity index is 1.55. The molecule has 1 aliphatic rings. The van der Waals surface area contributed by atoms with Gasteiger partial charge in [0.2, 0.25) is 15.9 Å². The fraction of sp³-hybridized carbons (Fsp3) is 0.308. The average molecular weight is 572 g/mol. The molecule has 2 unspecified atom stereocenters. The molecule has 1 N–H and O–H groups in total. The van der Waals surface area contributed by atoms with E-state index in [2.05, 4.69) is 10.3 Å². The van der Waals surface area contributed by atoms with E-state index in [1.165, 1.54) is 12.1 Å². The smallest absolute Gasteiger partial charge is 0.351 e. The highest BCUT2D eigenvalue weighted by Crippen LogP contribution is 2.32. The van der Waals surface area contributed by atoms with Crippen molar-refractivity contribution in [3.63, 3.8) is 0 Å². The third kappa shape index (κ3) is 6.09. The molecule has 39 heavy (non-hydrogen) atoms. The summed E-state index contributed by atoms with van der Waals surface area (Å²) in [5.74, 6) is -2.14. The van der Waals surface area contributed by atoms with Crippen molar-refractivity contribution in [3.05, 3.63) is 83.2 Å². The zero-order valence-corrected chi connectivity index (χ0v) is 21.3. The Morgan fingerprint density at radius 3 is 2.38 bits per heavy atom. The number of amides is 1.